The average Bonchev–Trinajstić information content (AvgIpc) is 2.91. The highest BCUT2D eigenvalue weighted by molar-refractivity contribution is 9.10. The zero-order chi connectivity index (χ0) is 13.7. The van der Waals surface area contributed by atoms with Gasteiger partial charge in [0.05, 0.1) is 31.2 Å². The van der Waals surface area contributed by atoms with Gasteiger partial charge in [0.2, 0.25) is 0 Å². The quantitative estimate of drug-likeness (QED) is 0.799. The van der Waals surface area contributed by atoms with E-state index in [0.717, 1.165) is 0 Å². The lowest BCUT2D eigenvalue weighted by Gasteiger charge is -2.09. The van der Waals surface area contributed by atoms with Crippen molar-refractivity contribution in [1.82, 2.24) is 24.8 Å². The number of halogens is 1. The Labute approximate surface area is 118 Å². The van der Waals surface area contributed by atoms with Gasteiger partial charge in [-0.2, -0.15) is 5.10 Å². The number of rotatable bonds is 6. The summed E-state index contributed by atoms with van der Waals surface area (Å²) >= 11 is 3.28. The third kappa shape index (κ3) is 3.28. The Morgan fingerprint density at radius 3 is 3.05 bits per heavy atom. The predicted octanol–water partition coefficient (Wildman–Crippen LogP) is 0.895. The largest absolute Gasteiger partial charge is 0.381 e. The van der Waals surface area contributed by atoms with E-state index in [9.17, 15) is 4.79 Å². The molecule has 2 heterocycles. The first-order valence-corrected chi connectivity index (χ1v) is 6.46. The van der Waals surface area contributed by atoms with Gasteiger partial charge in [0, 0.05) is 12.7 Å². The summed E-state index contributed by atoms with van der Waals surface area (Å²) in [5, 5.41) is 14.7. The highest BCUT2D eigenvalue weighted by Crippen LogP contribution is 2.15. The van der Waals surface area contributed by atoms with Crippen LogP contribution in [0.25, 0.3) is 0 Å². The predicted molar refractivity (Wildman–Crippen MR) is 74.9 cm³/mol. The van der Waals surface area contributed by atoms with E-state index in [1.165, 1.54) is 4.68 Å². The van der Waals surface area contributed by atoms with Crippen LogP contribution in [0.5, 0.6) is 0 Å². The van der Waals surface area contributed by atoms with Crippen LogP contribution >= 0.6 is 15.9 Å². The Hall–Kier alpha value is -1.96. The Balaban J connectivity index is 2.02. The van der Waals surface area contributed by atoms with Crippen LogP contribution in [0.1, 0.15) is 0 Å². The van der Waals surface area contributed by atoms with E-state index in [1.54, 1.807) is 29.3 Å². The summed E-state index contributed by atoms with van der Waals surface area (Å²) in [5.74, 6) is 0. The lowest BCUT2D eigenvalue weighted by atomic mass is 10.4. The van der Waals surface area contributed by atoms with Crippen LogP contribution in [-0.4, -0.2) is 31.3 Å². The SMILES string of the molecule is C=CCn1ncc(NCCn2ccnn2)c(Br)c1=O. The zero-order valence-corrected chi connectivity index (χ0v) is 11.7. The lowest BCUT2D eigenvalue weighted by Crippen LogP contribution is -2.24. The molecule has 2 aromatic heterocycles. The normalized spacial score (nSPS) is 10.4. The smallest absolute Gasteiger partial charge is 0.283 e. The summed E-state index contributed by atoms with van der Waals surface area (Å²) in [6, 6.07) is 0. The van der Waals surface area contributed by atoms with Crippen LogP contribution in [0, 0.1) is 0 Å². The minimum Gasteiger partial charge on any atom is -0.381 e. The zero-order valence-electron chi connectivity index (χ0n) is 10.2. The van der Waals surface area contributed by atoms with Crippen molar-refractivity contribution in [3.05, 3.63) is 46.1 Å². The average molecular weight is 325 g/mol. The highest BCUT2D eigenvalue weighted by Gasteiger charge is 2.07. The Bertz CT molecular complexity index is 606. The van der Waals surface area contributed by atoms with Gasteiger partial charge in [0.1, 0.15) is 4.47 Å². The second-order valence-corrected chi connectivity index (χ2v) is 4.53. The number of allylic oxidation sites excluding steroid dienone is 1. The minimum absolute atomic E-state index is 0.189. The van der Waals surface area contributed by atoms with Gasteiger partial charge in [-0.3, -0.25) is 9.48 Å². The van der Waals surface area contributed by atoms with Crippen LogP contribution in [0.15, 0.2) is 40.5 Å². The van der Waals surface area contributed by atoms with Gasteiger partial charge >= 0.3 is 0 Å². The van der Waals surface area contributed by atoms with Gasteiger partial charge in [-0.05, 0) is 15.9 Å². The van der Waals surface area contributed by atoms with Gasteiger partial charge in [0.25, 0.3) is 5.56 Å². The monoisotopic (exact) mass is 324 g/mol. The molecule has 8 heteroatoms. The first-order chi connectivity index (χ1) is 9.22. The maximum Gasteiger partial charge on any atom is 0.283 e. The third-order valence-corrected chi connectivity index (χ3v) is 3.18. The van der Waals surface area contributed by atoms with Crippen molar-refractivity contribution in [2.75, 3.05) is 11.9 Å². The molecule has 0 aliphatic rings. The fourth-order valence-corrected chi connectivity index (χ4v) is 1.94. The van der Waals surface area contributed by atoms with E-state index in [0.29, 0.717) is 29.8 Å². The lowest BCUT2D eigenvalue weighted by molar-refractivity contribution is 0.607. The molecule has 2 aromatic rings. The first-order valence-electron chi connectivity index (χ1n) is 5.67. The van der Waals surface area contributed by atoms with Gasteiger partial charge in [0.15, 0.2) is 0 Å². The molecule has 0 radical (unpaired) electrons. The Kier molecular flexibility index (Phi) is 4.45. The second kappa shape index (κ2) is 6.28. The van der Waals surface area contributed by atoms with Crippen molar-refractivity contribution in [3.8, 4) is 0 Å². The van der Waals surface area contributed by atoms with Gasteiger partial charge in [-0.15, -0.1) is 11.7 Å². The van der Waals surface area contributed by atoms with Crippen molar-refractivity contribution in [1.29, 1.82) is 0 Å². The van der Waals surface area contributed by atoms with Crippen LogP contribution in [0.2, 0.25) is 0 Å². The fraction of sp³-hybridized carbons (Fsp3) is 0.273. The Morgan fingerprint density at radius 1 is 1.53 bits per heavy atom. The second-order valence-electron chi connectivity index (χ2n) is 3.74. The number of hydrogen-bond donors (Lipinski definition) is 1. The molecule has 0 aliphatic heterocycles. The van der Waals surface area contributed by atoms with Crippen molar-refractivity contribution in [3.63, 3.8) is 0 Å². The molecule has 2 rings (SSSR count). The molecule has 0 bridgehead atoms. The van der Waals surface area contributed by atoms with Crippen molar-refractivity contribution >= 4 is 21.6 Å². The summed E-state index contributed by atoms with van der Waals surface area (Å²) in [6.45, 7) is 5.24. The van der Waals surface area contributed by atoms with Crippen molar-refractivity contribution < 1.29 is 0 Å². The van der Waals surface area contributed by atoms with E-state index in [1.807, 2.05) is 0 Å². The van der Waals surface area contributed by atoms with E-state index >= 15 is 0 Å². The number of nitrogens with zero attached hydrogens (tertiary/aromatic N) is 5. The molecule has 0 atom stereocenters. The molecular weight excluding hydrogens is 312 g/mol. The van der Waals surface area contributed by atoms with Crippen LogP contribution in [0.3, 0.4) is 0 Å². The molecule has 19 heavy (non-hydrogen) atoms. The molecule has 100 valence electrons. The molecule has 7 nitrogen and oxygen atoms in total. The third-order valence-electron chi connectivity index (χ3n) is 2.42. The van der Waals surface area contributed by atoms with Crippen molar-refractivity contribution in [2.45, 2.75) is 13.1 Å². The van der Waals surface area contributed by atoms with Crippen LogP contribution in [-0.2, 0) is 13.1 Å². The molecule has 1 N–H and O–H groups in total. The summed E-state index contributed by atoms with van der Waals surface area (Å²) < 4.78 is 3.50. The molecule has 0 amide bonds. The number of nitrogens with one attached hydrogen (secondary N) is 1. The summed E-state index contributed by atoms with van der Waals surface area (Å²) in [4.78, 5) is 11.9. The van der Waals surface area contributed by atoms with Gasteiger partial charge < -0.3 is 5.32 Å². The fourth-order valence-electron chi connectivity index (χ4n) is 1.50. The van der Waals surface area contributed by atoms with Gasteiger partial charge in [-0.25, -0.2) is 4.68 Å². The molecule has 0 spiro atoms. The van der Waals surface area contributed by atoms with Crippen molar-refractivity contribution in [2.24, 2.45) is 0 Å². The van der Waals surface area contributed by atoms with E-state index < -0.39 is 0 Å². The molecular formula is C11H13BrN6O. The maximum atomic E-state index is 11.9. The van der Waals surface area contributed by atoms with Crippen LogP contribution < -0.4 is 10.9 Å². The van der Waals surface area contributed by atoms with E-state index in [4.69, 9.17) is 0 Å². The maximum absolute atomic E-state index is 11.9. The molecule has 0 aliphatic carbocycles. The highest BCUT2D eigenvalue weighted by atomic mass is 79.9. The summed E-state index contributed by atoms with van der Waals surface area (Å²) in [7, 11) is 0. The van der Waals surface area contributed by atoms with Crippen LogP contribution in [0.4, 0.5) is 5.69 Å². The molecule has 0 unspecified atom stereocenters. The number of aromatic nitrogens is 5. The van der Waals surface area contributed by atoms with Gasteiger partial charge in [-0.1, -0.05) is 11.3 Å². The molecule has 0 fully saturated rings. The molecule has 0 aromatic carbocycles. The summed E-state index contributed by atoms with van der Waals surface area (Å²) in [5.41, 5.74) is 0.469. The number of anilines is 1. The topological polar surface area (TPSA) is 77.6 Å². The first kappa shape index (κ1) is 13.5. The minimum atomic E-state index is -0.189. The Morgan fingerprint density at radius 2 is 2.37 bits per heavy atom. The van der Waals surface area contributed by atoms with E-state index in [-0.39, 0.29) is 5.56 Å². The number of hydrogen-bond acceptors (Lipinski definition) is 5. The molecule has 0 saturated heterocycles. The standard InChI is InChI=1S/C11H13BrN6O/c1-2-5-18-11(19)10(12)9(8-15-18)13-3-6-17-7-4-14-16-17/h2,4,7-8,13H,1,3,5-6H2. The molecule has 0 saturated carbocycles. The van der Waals surface area contributed by atoms with E-state index in [2.05, 4.69) is 43.2 Å². The summed E-state index contributed by atoms with van der Waals surface area (Å²) in [6.07, 6.45) is 6.62.